The average molecular weight is 382 g/mol. The second-order valence-electron chi connectivity index (χ2n) is 5.61. The van der Waals surface area contributed by atoms with Gasteiger partial charge in [0.25, 0.3) is 0 Å². The second-order valence-corrected chi connectivity index (χ2v) is 6.47. The SMILES string of the molecule is Cc1cc(N2C(=O)C(c3cc(F)cc(F)c3)CC2O)ccc1Br. The van der Waals surface area contributed by atoms with Gasteiger partial charge < -0.3 is 5.11 Å². The molecule has 3 nitrogen and oxygen atoms in total. The van der Waals surface area contributed by atoms with Gasteiger partial charge in [0.2, 0.25) is 5.91 Å². The number of carbonyl (C=O) groups excluding carboxylic acids is 1. The third-order valence-electron chi connectivity index (χ3n) is 3.99. The van der Waals surface area contributed by atoms with E-state index in [-0.39, 0.29) is 17.9 Å². The topological polar surface area (TPSA) is 40.5 Å². The number of rotatable bonds is 2. The van der Waals surface area contributed by atoms with Crippen molar-refractivity contribution in [3.8, 4) is 0 Å². The van der Waals surface area contributed by atoms with E-state index in [1.807, 2.05) is 6.92 Å². The monoisotopic (exact) mass is 381 g/mol. The fourth-order valence-electron chi connectivity index (χ4n) is 2.86. The minimum Gasteiger partial charge on any atom is -0.373 e. The number of carbonyl (C=O) groups is 1. The molecule has 2 aromatic rings. The molecule has 0 radical (unpaired) electrons. The number of hydrogen-bond donors (Lipinski definition) is 1. The molecule has 0 aliphatic carbocycles. The van der Waals surface area contributed by atoms with Crippen molar-refractivity contribution in [3.63, 3.8) is 0 Å². The van der Waals surface area contributed by atoms with Crippen LogP contribution in [-0.4, -0.2) is 17.2 Å². The van der Waals surface area contributed by atoms with Crippen molar-refractivity contribution < 1.29 is 18.7 Å². The number of halogens is 3. The molecule has 2 unspecified atom stereocenters. The highest BCUT2D eigenvalue weighted by atomic mass is 79.9. The maximum atomic E-state index is 13.4. The Balaban J connectivity index is 1.96. The van der Waals surface area contributed by atoms with Crippen LogP contribution in [-0.2, 0) is 4.79 Å². The van der Waals surface area contributed by atoms with Gasteiger partial charge in [-0.15, -0.1) is 0 Å². The molecule has 2 atom stereocenters. The van der Waals surface area contributed by atoms with Crippen LogP contribution in [0.2, 0.25) is 0 Å². The van der Waals surface area contributed by atoms with Crippen LogP contribution >= 0.6 is 15.9 Å². The lowest BCUT2D eigenvalue weighted by molar-refractivity contribution is -0.118. The summed E-state index contributed by atoms with van der Waals surface area (Å²) in [6.45, 7) is 1.87. The number of anilines is 1. The number of amides is 1. The summed E-state index contributed by atoms with van der Waals surface area (Å²) in [5.74, 6) is -2.61. The second kappa shape index (κ2) is 6.02. The molecular formula is C17H14BrF2NO2. The summed E-state index contributed by atoms with van der Waals surface area (Å²) in [7, 11) is 0. The normalized spacial score (nSPS) is 21.1. The summed E-state index contributed by atoms with van der Waals surface area (Å²) in [6.07, 6.45) is -0.934. The van der Waals surface area contributed by atoms with E-state index in [0.29, 0.717) is 5.69 Å². The molecule has 23 heavy (non-hydrogen) atoms. The Morgan fingerprint density at radius 1 is 1.17 bits per heavy atom. The van der Waals surface area contributed by atoms with Crippen molar-refractivity contribution in [1.29, 1.82) is 0 Å². The molecule has 2 aromatic carbocycles. The van der Waals surface area contributed by atoms with Crippen LogP contribution < -0.4 is 4.90 Å². The number of aliphatic hydroxyl groups excluding tert-OH is 1. The van der Waals surface area contributed by atoms with E-state index >= 15 is 0 Å². The van der Waals surface area contributed by atoms with Crippen molar-refractivity contribution in [2.24, 2.45) is 0 Å². The van der Waals surface area contributed by atoms with Crippen LogP contribution in [0.4, 0.5) is 14.5 Å². The quantitative estimate of drug-likeness (QED) is 0.857. The molecule has 1 fully saturated rings. The summed E-state index contributed by atoms with van der Waals surface area (Å²) in [5.41, 5.74) is 1.72. The van der Waals surface area contributed by atoms with E-state index in [1.165, 1.54) is 4.90 Å². The van der Waals surface area contributed by atoms with Crippen molar-refractivity contribution in [3.05, 3.63) is 63.6 Å². The van der Waals surface area contributed by atoms with Crippen LogP contribution in [0.3, 0.4) is 0 Å². The first kappa shape index (κ1) is 16.1. The Labute approximate surface area is 140 Å². The number of hydrogen-bond acceptors (Lipinski definition) is 2. The van der Waals surface area contributed by atoms with Crippen molar-refractivity contribution in [1.82, 2.24) is 0 Å². The molecule has 1 N–H and O–H groups in total. The highest BCUT2D eigenvalue weighted by Crippen LogP contribution is 2.37. The van der Waals surface area contributed by atoms with Gasteiger partial charge in [0.1, 0.15) is 17.9 Å². The van der Waals surface area contributed by atoms with E-state index in [0.717, 1.165) is 28.2 Å². The van der Waals surface area contributed by atoms with E-state index in [4.69, 9.17) is 0 Å². The van der Waals surface area contributed by atoms with Gasteiger partial charge in [-0.3, -0.25) is 9.69 Å². The van der Waals surface area contributed by atoms with Gasteiger partial charge in [-0.25, -0.2) is 8.78 Å². The van der Waals surface area contributed by atoms with Gasteiger partial charge >= 0.3 is 0 Å². The summed E-state index contributed by atoms with van der Waals surface area (Å²) < 4.78 is 27.7. The molecule has 0 spiro atoms. The smallest absolute Gasteiger partial charge is 0.236 e. The molecule has 1 heterocycles. The van der Waals surface area contributed by atoms with Crippen LogP contribution in [0, 0.1) is 18.6 Å². The molecule has 0 saturated carbocycles. The molecule has 1 aliphatic rings. The standard InChI is InChI=1S/C17H14BrF2NO2/c1-9-4-13(2-3-15(9)18)21-16(22)8-14(17(21)23)10-5-11(19)7-12(20)6-10/h2-7,14,16,22H,8H2,1H3. The van der Waals surface area contributed by atoms with Gasteiger partial charge in [-0.1, -0.05) is 15.9 Å². The van der Waals surface area contributed by atoms with Crippen LogP contribution in [0.5, 0.6) is 0 Å². The summed E-state index contributed by atoms with van der Waals surface area (Å²) in [6, 6.07) is 8.31. The molecule has 6 heteroatoms. The third-order valence-corrected chi connectivity index (χ3v) is 4.88. The first-order valence-corrected chi connectivity index (χ1v) is 7.89. The summed E-state index contributed by atoms with van der Waals surface area (Å²) in [5, 5.41) is 10.2. The zero-order valence-electron chi connectivity index (χ0n) is 12.3. The predicted octanol–water partition coefficient (Wildman–Crippen LogP) is 3.87. The number of benzene rings is 2. The maximum Gasteiger partial charge on any atom is 0.236 e. The third kappa shape index (κ3) is 3.01. The molecule has 3 rings (SSSR count). The van der Waals surface area contributed by atoms with Crippen molar-refractivity contribution >= 4 is 27.5 Å². The van der Waals surface area contributed by atoms with E-state index in [2.05, 4.69) is 15.9 Å². The minimum absolute atomic E-state index is 0.0941. The van der Waals surface area contributed by atoms with Crippen molar-refractivity contribution in [2.75, 3.05) is 4.90 Å². The maximum absolute atomic E-state index is 13.4. The lowest BCUT2D eigenvalue weighted by Crippen LogP contribution is -2.33. The highest BCUT2D eigenvalue weighted by Gasteiger charge is 2.40. The Kier molecular flexibility index (Phi) is 4.21. The van der Waals surface area contributed by atoms with Crippen molar-refractivity contribution in [2.45, 2.75) is 25.5 Å². The Bertz CT molecular complexity index is 761. The molecule has 1 amide bonds. The lowest BCUT2D eigenvalue weighted by atomic mass is 9.97. The minimum atomic E-state index is -1.03. The molecule has 1 saturated heterocycles. The van der Waals surface area contributed by atoms with Gasteiger partial charge in [0.05, 0.1) is 5.92 Å². The molecule has 120 valence electrons. The Hall–Kier alpha value is -1.79. The van der Waals surface area contributed by atoms with Gasteiger partial charge in [-0.05, 0) is 48.4 Å². The lowest BCUT2D eigenvalue weighted by Gasteiger charge is -2.21. The fourth-order valence-corrected chi connectivity index (χ4v) is 3.11. The van der Waals surface area contributed by atoms with E-state index in [9.17, 15) is 18.7 Å². The average Bonchev–Trinajstić information content (AvgIpc) is 2.76. The summed E-state index contributed by atoms with van der Waals surface area (Å²) >= 11 is 3.38. The fraction of sp³-hybridized carbons (Fsp3) is 0.235. The first-order chi connectivity index (χ1) is 10.9. The first-order valence-electron chi connectivity index (χ1n) is 7.10. The Morgan fingerprint density at radius 3 is 2.43 bits per heavy atom. The summed E-state index contributed by atoms with van der Waals surface area (Å²) in [4.78, 5) is 13.9. The zero-order chi connectivity index (χ0) is 16.7. The highest BCUT2D eigenvalue weighted by molar-refractivity contribution is 9.10. The van der Waals surface area contributed by atoms with Crippen LogP contribution in [0.15, 0.2) is 40.9 Å². The van der Waals surface area contributed by atoms with Gasteiger partial charge in [0.15, 0.2) is 0 Å². The van der Waals surface area contributed by atoms with Crippen LogP contribution in [0.25, 0.3) is 0 Å². The van der Waals surface area contributed by atoms with Gasteiger partial charge in [0, 0.05) is 22.6 Å². The van der Waals surface area contributed by atoms with Crippen LogP contribution in [0.1, 0.15) is 23.5 Å². The number of nitrogens with zero attached hydrogens (tertiary/aromatic N) is 1. The largest absolute Gasteiger partial charge is 0.373 e. The number of aryl methyl sites for hydroxylation is 1. The molecule has 1 aliphatic heterocycles. The van der Waals surface area contributed by atoms with E-state index < -0.39 is 23.8 Å². The Morgan fingerprint density at radius 2 is 1.83 bits per heavy atom. The molecule has 0 bridgehead atoms. The predicted molar refractivity (Wildman–Crippen MR) is 86.1 cm³/mol. The molecular weight excluding hydrogens is 368 g/mol. The molecule has 0 aromatic heterocycles. The zero-order valence-corrected chi connectivity index (χ0v) is 13.8. The van der Waals surface area contributed by atoms with Gasteiger partial charge in [-0.2, -0.15) is 0 Å². The van der Waals surface area contributed by atoms with E-state index in [1.54, 1.807) is 18.2 Å². The number of aliphatic hydroxyl groups is 1.